The van der Waals surface area contributed by atoms with E-state index in [4.69, 9.17) is 10.5 Å². The first kappa shape index (κ1) is 18.2. The highest BCUT2D eigenvalue weighted by Crippen LogP contribution is 2.53. The first-order valence-electron chi connectivity index (χ1n) is 9.11. The number of benzene rings is 1. The molecule has 1 aliphatic heterocycles. The van der Waals surface area contributed by atoms with Gasteiger partial charge in [-0.05, 0) is 30.4 Å². The molecule has 2 amide bonds. The maximum Gasteiger partial charge on any atom is 0.254 e. The second-order valence-corrected chi connectivity index (χ2v) is 7.09. The lowest BCUT2D eigenvalue weighted by Gasteiger charge is -2.37. The van der Waals surface area contributed by atoms with E-state index < -0.39 is 11.3 Å². The number of carbonyl (C=O) groups is 2. The number of ether oxygens (including phenoxy) is 1. The number of hydrogen-bond acceptors (Lipinski definition) is 3. The Balaban J connectivity index is 2.22. The van der Waals surface area contributed by atoms with Gasteiger partial charge in [-0.3, -0.25) is 9.59 Å². The Morgan fingerprint density at radius 3 is 2.42 bits per heavy atom. The summed E-state index contributed by atoms with van der Waals surface area (Å²) in [6, 6.07) is 10.2. The number of nitrogens with two attached hydrogens (primary N) is 1. The number of likely N-dealkylation sites (N-methyl/N-ethyl adjacent to an activating group) is 1. The number of hydrogen-bond donors (Lipinski definition) is 2. The molecule has 2 aliphatic rings. The third kappa shape index (κ3) is 2.54. The molecule has 1 aromatic carbocycles. The molecular weight excluding hydrogens is 328 g/mol. The minimum absolute atomic E-state index is 0.253. The van der Waals surface area contributed by atoms with Gasteiger partial charge in [0.15, 0.2) is 0 Å². The van der Waals surface area contributed by atoms with Crippen molar-refractivity contribution in [3.63, 3.8) is 0 Å². The van der Waals surface area contributed by atoms with Crippen LogP contribution in [0.1, 0.15) is 38.7 Å². The van der Waals surface area contributed by atoms with E-state index in [-0.39, 0.29) is 11.3 Å². The average molecular weight is 354 g/mol. The van der Waals surface area contributed by atoms with E-state index in [1.54, 1.807) is 13.1 Å². The van der Waals surface area contributed by atoms with Crippen molar-refractivity contribution < 1.29 is 14.3 Å². The minimum atomic E-state index is -0.871. The first-order valence-corrected chi connectivity index (χ1v) is 9.11. The van der Waals surface area contributed by atoms with Crippen LogP contribution in [0.25, 0.3) is 0 Å². The van der Waals surface area contributed by atoms with Crippen molar-refractivity contribution in [2.75, 3.05) is 13.7 Å². The fourth-order valence-corrected chi connectivity index (χ4v) is 4.18. The molecule has 0 bridgehead atoms. The van der Waals surface area contributed by atoms with Gasteiger partial charge in [-0.15, -0.1) is 0 Å². The van der Waals surface area contributed by atoms with Crippen LogP contribution in [0.2, 0.25) is 0 Å². The second-order valence-electron chi connectivity index (χ2n) is 7.09. The molecule has 1 aromatic rings. The van der Waals surface area contributed by atoms with E-state index in [2.05, 4.69) is 24.4 Å². The Hall–Kier alpha value is -2.56. The van der Waals surface area contributed by atoms with Crippen molar-refractivity contribution in [3.8, 4) is 0 Å². The van der Waals surface area contributed by atoms with E-state index in [0.29, 0.717) is 30.8 Å². The quantitative estimate of drug-likeness (QED) is 0.853. The number of amides is 2. The summed E-state index contributed by atoms with van der Waals surface area (Å²) in [4.78, 5) is 24.9. The molecule has 5 heteroatoms. The Morgan fingerprint density at radius 2 is 1.88 bits per heavy atom. The Morgan fingerprint density at radius 1 is 1.19 bits per heavy atom. The van der Waals surface area contributed by atoms with E-state index in [0.717, 1.165) is 17.6 Å². The summed E-state index contributed by atoms with van der Waals surface area (Å²) in [5, 5.41) is 2.66. The van der Waals surface area contributed by atoms with E-state index >= 15 is 0 Å². The fourth-order valence-electron chi connectivity index (χ4n) is 4.18. The molecule has 0 spiro atoms. The zero-order valence-corrected chi connectivity index (χ0v) is 15.6. The number of nitrogens with one attached hydrogen (secondary N) is 1. The third-order valence-electron chi connectivity index (χ3n) is 6.00. The summed E-state index contributed by atoms with van der Waals surface area (Å²) in [5.74, 6) is -0.0467. The molecule has 1 aliphatic carbocycles. The average Bonchev–Trinajstić information content (AvgIpc) is 3.06. The van der Waals surface area contributed by atoms with Crippen molar-refractivity contribution in [1.29, 1.82) is 0 Å². The number of carbonyl (C=O) groups excluding carboxylic acids is 2. The SMILES string of the molecule is CCC1(C(N)=O)C=C(C(=O)NC)C2=C(C1)C(CC)(c1ccccc1)CO2. The third-order valence-corrected chi connectivity index (χ3v) is 6.00. The summed E-state index contributed by atoms with van der Waals surface area (Å²) in [5.41, 5.74) is 7.13. The predicted molar refractivity (Wildman–Crippen MR) is 100 cm³/mol. The number of primary amides is 1. The van der Waals surface area contributed by atoms with Crippen LogP contribution in [0.3, 0.4) is 0 Å². The molecule has 3 N–H and O–H groups in total. The van der Waals surface area contributed by atoms with Gasteiger partial charge >= 0.3 is 0 Å². The maximum atomic E-state index is 12.5. The normalized spacial score (nSPS) is 27.4. The van der Waals surface area contributed by atoms with E-state index in [1.165, 1.54) is 0 Å². The zero-order chi connectivity index (χ0) is 18.9. The van der Waals surface area contributed by atoms with Gasteiger partial charge in [0.25, 0.3) is 5.91 Å². The highest BCUT2D eigenvalue weighted by Gasteiger charge is 2.51. The molecule has 0 saturated heterocycles. The van der Waals surface area contributed by atoms with Crippen LogP contribution in [-0.4, -0.2) is 25.5 Å². The first-order chi connectivity index (χ1) is 12.4. The Bertz CT molecular complexity index is 797. The van der Waals surface area contributed by atoms with Crippen LogP contribution in [0.5, 0.6) is 0 Å². The molecular formula is C21H26N2O3. The molecule has 26 heavy (non-hydrogen) atoms. The number of rotatable bonds is 5. The molecule has 0 aromatic heterocycles. The van der Waals surface area contributed by atoms with Gasteiger partial charge in [-0.1, -0.05) is 50.3 Å². The van der Waals surface area contributed by atoms with Crippen molar-refractivity contribution in [3.05, 3.63) is 58.9 Å². The van der Waals surface area contributed by atoms with Gasteiger partial charge in [0, 0.05) is 7.05 Å². The van der Waals surface area contributed by atoms with Crippen molar-refractivity contribution in [2.24, 2.45) is 11.1 Å². The van der Waals surface area contributed by atoms with E-state index in [1.807, 2.05) is 25.1 Å². The monoisotopic (exact) mass is 354 g/mol. The summed E-state index contributed by atoms with van der Waals surface area (Å²) in [6.45, 7) is 4.51. The van der Waals surface area contributed by atoms with Crippen LogP contribution >= 0.6 is 0 Å². The van der Waals surface area contributed by atoms with Crippen LogP contribution in [0, 0.1) is 5.41 Å². The summed E-state index contributed by atoms with van der Waals surface area (Å²) < 4.78 is 6.07. The smallest absolute Gasteiger partial charge is 0.254 e. The van der Waals surface area contributed by atoms with Crippen molar-refractivity contribution >= 4 is 11.8 Å². The largest absolute Gasteiger partial charge is 0.492 e. The van der Waals surface area contributed by atoms with Gasteiger partial charge in [0.1, 0.15) is 12.4 Å². The van der Waals surface area contributed by atoms with Gasteiger partial charge in [0.2, 0.25) is 5.91 Å². The fraction of sp³-hybridized carbons (Fsp3) is 0.429. The molecule has 0 radical (unpaired) electrons. The molecule has 2 atom stereocenters. The minimum Gasteiger partial charge on any atom is -0.492 e. The molecule has 0 saturated carbocycles. The van der Waals surface area contributed by atoms with Crippen LogP contribution < -0.4 is 11.1 Å². The molecule has 0 fully saturated rings. The van der Waals surface area contributed by atoms with Crippen LogP contribution in [0.15, 0.2) is 53.3 Å². The lowest BCUT2D eigenvalue weighted by Crippen LogP contribution is -2.41. The lowest BCUT2D eigenvalue weighted by atomic mass is 9.64. The van der Waals surface area contributed by atoms with Gasteiger partial charge < -0.3 is 15.8 Å². The van der Waals surface area contributed by atoms with Crippen LogP contribution in [0.4, 0.5) is 0 Å². The van der Waals surface area contributed by atoms with Gasteiger partial charge in [-0.2, -0.15) is 0 Å². The molecule has 138 valence electrons. The summed E-state index contributed by atoms with van der Waals surface area (Å²) in [7, 11) is 1.58. The zero-order valence-electron chi connectivity index (χ0n) is 15.6. The molecule has 3 rings (SSSR count). The highest BCUT2D eigenvalue weighted by molar-refractivity contribution is 6.00. The lowest BCUT2D eigenvalue weighted by molar-refractivity contribution is -0.125. The molecule has 5 nitrogen and oxygen atoms in total. The molecule has 1 heterocycles. The van der Waals surface area contributed by atoms with Gasteiger partial charge in [0.05, 0.1) is 16.4 Å². The Labute approximate surface area is 154 Å². The highest BCUT2D eigenvalue weighted by atomic mass is 16.5. The molecule has 2 unspecified atom stereocenters. The predicted octanol–water partition coefficient (Wildman–Crippen LogP) is 2.58. The maximum absolute atomic E-state index is 12.5. The summed E-state index contributed by atoms with van der Waals surface area (Å²) >= 11 is 0. The standard InChI is InChI=1S/C21H26N2O3/c1-4-20(19(22)25)11-15(18(24)23-3)17-16(12-20)21(5-2,13-26-17)14-9-7-6-8-10-14/h6-11H,4-5,12-13H2,1-3H3,(H2,22,25)(H,23,24). The van der Waals surface area contributed by atoms with Gasteiger partial charge in [-0.25, -0.2) is 0 Å². The van der Waals surface area contributed by atoms with Crippen molar-refractivity contribution in [1.82, 2.24) is 5.32 Å². The van der Waals surface area contributed by atoms with E-state index in [9.17, 15) is 9.59 Å². The summed E-state index contributed by atoms with van der Waals surface area (Å²) in [6.07, 6.45) is 3.55. The topological polar surface area (TPSA) is 81.4 Å². The van der Waals surface area contributed by atoms with Crippen molar-refractivity contribution in [2.45, 2.75) is 38.5 Å². The van der Waals surface area contributed by atoms with Crippen LogP contribution in [-0.2, 0) is 19.7 Å². The second kappa shape index (κ2) is 6.63. The Kier molecular flexibility index (Phi) is 4.65.